The van der Waals surface area contributed by atoms with Crippen LogP contribution in [0.4, 0.5) is 0 Å². The molecule has 0 saturated carbocycles. The first-order valence-corrected chi connectivity index (χ1v) is 23.8. The molecule has 0 aliphatic rings. The van der Waals surface area contributed by atoms with E-state index < -0.39 is 0 Å². The van der Waals surface area contributed by atoms with Crippen LogP contribution in [0, 0.1) is 0 Å². The number of aromatic nitrogens is 2. The third kappa shape index (κ3) is 4.66. The molecule has 0 unspecified atom stereocenters. The number of hydrogen-bond donors (Lipinski definition) is 0. The lowest BCUT2D eigenvalue weighted by Crippen LogP contribution is -2.13. The molecule has 0 radical (unpaired) electrons. The molecule has 15 aromatic carbocycles. The summed E-state index contributed by atoms with van der Waals surface area (Å²) in [6, 6.07) is 75.7. The normalized spacial score (nSPS) is 12.7. The Bertz CT molecular complexity index is 4970. The highest BCUT2D eigenvalue weighted by Crippen LogP contribution is 2.45. The van der Waals surface area contributed by atoms with Gasteiger partial charge in [-0.25, -0.2) is 4.98 Å². The molecule has 0 fully saturated rings. The second-order valence-corrected chi connectivity index (χ2v) is 19.4. The van der Waals surface area contributed by atoms with E-state index in [9.17, 15) is 0 Å². The molecule has 3 heteroatoms. The molecule has 0 saturated heterocycles. The highest BCUT2D eigenvalue weighted by molar-refractivity contribution is 6.27. The summed E-state index contributed by atoms with van der Waals surface area (Å²) < 4.78 is 1.89. The van der Waals surface area contributed by atoms with Crippen LogP contribution in [0.15, 0.2) is 211 Å². The molecule has 17 rings (SSSR count). The van der Waals surface area contributed by atoms with E-state index in [1.165, 1.54) is 97.0 Å². The van der Waals surface area contributed by atoms with E-state index in [1.807, 2.05) is 16.5 Å². The summed E-state index contributed by atoms with van der Waals surface area (Å²) in [5.41, 5.74) is 8.66. The molecule has 0 amide bonds. The smallest absolute Gasteiger partial charge is 0.264 e. The Hall–Kier alpha value is -9.18. The van der Waals surface area contributed by atoms with Crippen LogP contribution in [0.2, 0.25) is 0 Å². The van der Waals surface area contributed by atoms with Gasteiger partial charge in [0, 0.05) is 21.7 Å². The topological polar surface area (TPSA) is 34.4 Å². The average molecular weight is 871 g/mol. The van der Waals surface area contributed by atoms with Crippen LogP contribution in [0.3, 0.4) is 0 Å². The van der Waals surface area contributed by atoms with Crippen LogP contribution in [0.1, 0.15) is 0 Å². The van der Waals surface area contributed by atoms with E-state index in [0.717, 1.165) is 60.6 Å². The Morgan fingerprint density at radius 3 is 1.14 bits per heavy atom. The predicted molar refractivity (Wildman–Crippen MR) is 293 cm³/mol. The molecule has 0 aliphatic carbocycles. The Morgan fingerprint density at radius 1 is 0.290 bits per heavy atom. The first-order valence-electron chi connectivity index (χ1n) is 23.8. The van der Waals surface area contributed by atoms with Crippen molar-refractivity contribution in [2.75, 3.05) is 0 Å². The van der Waals surface area contributed by atoms with Crippen LogP contribution in [0.25, 0.3) is 169 Å². The van der Waals surface area contributed by atoms with Crippen molar-refractivity contribution in [1.82, 2.24) is 9.38 Å². The molecule has 0 spiro atoms. The van der Waals surface area contributed by atoms with Gasteiger partial charge in [0.1, 0.15) is 5.65 Å². The van der Waals surface area contributed by atoms with Crippen LogP contribution in [0.5, 0.6) is 0 Å². The maximum Gasteiger partial charge on any atom is 0.264 e. The molecule has 0 atom stereocenters. The van der Waals surface area contributed by atoms with Crippen molar-refractivity contribution in [3.05, 3.63) is 217 Å². The summed E-state index contributed by atoms with van der Waals surface area (Å²) in [6.45, 7) is 0. The zero-order valence-corrected chi connectivity index (χ0v) is 36.9. The first-order chi connectivity index (χ1) is 34.1. The highest BCUT2D eigenvalue weighted by atomic mass is 16.1. The van der Waals surface area contributed by atoms with E-state index in [1.54, 1.807) is 0 Å². The van der Waals surface area contributed by atoms with E-state index in [0.29, 0.717) is 11.0 Å². The van der Waals surface area contributed by atoms with Gasteiger partial charge in [-0.05, 0) is 191 Å². The highest BCUT2D eigenvalue weighted by Gasteiger charge is 2.23. The monoisotopic (exact) mass is 870 g/mol. The number of rotatable bonds is 3. The number of fused-ring (bicyclic) bond motifs is 4. The van der Waals surface area contributed by atoms with Gasteiger partial charge in [-0.1, -0.05) is 146 Å². The van der Waals surface area contributed by atoms with Crippen molar-refractivity contribution in [3.8, 4) is 33.4 Å². The van der Waals surface area contributed by atoms with Crippen molar-refractivity contribution in [2.24, 2.45) is 0 Å². The largest absolute Gasteiger partial charge is 0.268 e. The van der Waals surface area contributed by atoms with Gasteiger partial charge in [0.05, 0.1) is 11.0 Å². The van der Waals surface area contributed by atoms with Crippen molar-refractivity contribution in [1.29, 1.82) is 0 Å². The molecular weight excluding hydrogens is 837 g/mol. The molecule has 17 aromatic rings. The Balaban J connectivity index is 0.948. The second kappa shape index (κ2) is 12.6. The van der Waals surface area contributed by atoms with Gasteiger partial charge < -0.3 is 0 Å². The SMILES string of the molecule is O=c1c2cccc3c(-c4cc5ccc6cccc7ccc(c4)c5c67)ccc(c32)c2nc3c(-c4cc5ccc6cccc7ccc(c4)c5c67)cc(-c4cc5ccc6cccc7ccc(c4)c5c67)cc3n12. The minimum atomic E-state index is -0.0625. The van der Waals surface area contributed by atoms with Crippen molar-refractivity contribution < 1.29 is 0 Å². The van der Waals surface area contributed by atoms with E-state index in [-0.39, 0.29) is 5.56 Å². The number of nitrogens with zero attached hydrogens (tertiary/aromatic N) is 2. The number of pyridine rings is 1. The maximum atomic E-state index is 15.4. The first kappa shape index (κ1) is 36.0. The number of hydrogen-bond acceptors (Lipinski definition) is 2. The van der Waals surface area contributed by atoms with Gasteiger partial charge >= 0.3 is 0 Å². The van der Waals surface area contributed by atoms with Crippen molar-refractivity contribution in [2.45, 2.75) is 0 Å². The Morgan fingerprint density at radius 2 is 0.667 bits per heavy atom. The summed E-state index contributed by atoms with van der Waals surface area (Å²) in [5.74, 6) is 0. The lowest BCUT2D eigenvalue weighted by molar-refractivity contribution is 1.19. The summed E-state index contributed by atoms with van der Waals surface area (Å²) in [6.07, 6.45) is 0. The van der Waals surface area contributed by atoms with Crippen LogP contribution in [-0.2, 0) is 0 Å². The lowest BCUT2D eigenvalue weighted by Gasteiger charge is -2.15. The lowest BCUT2D eigenvalue weighted by atomic mass is 9.89. The van der Waals surface area contributed by atoms with Gasteiger partial charge in [-0.15, -0.1) is 0 Å². The van der Waals surface area contributed by atoms with Crippen molar-refractivity contribution in [3.63, 3.8) is 0 Å². The summed E-state index contributed by atoms with van der Waals surface area (Å²) in [4.78, 5) is 21.0. The molecule has 314 valence electrons. The molecule has 69 heavy (non-hydrogen) atoms. The number of benzene rings is 15. The quantitative estimate of drug-likeness (QED) is 0.166. The fourth-order valence-electron chi connectivity index (χ4n) is 12.8. The fraction of sp³-hybridized carbons (Fsp3) is 0. The van der Waals surface area contributed by atoms with E-state index >= 15 is 4.79 Å². The Kier molecular flexibility index (Phi) is 6.59. The zero-order valence-electron chi connectivity index (χ0n) is 36.9. The molecule has 0 bridgehead atoms. The molecule has 3 nitrogen and oxygen atoms in total. The molecule has 0 aliphatic heterocycles. The van der Waals surface area contributed by atoms with Crippen LogP contribution < -0.4 is 5.56 Å². The summed E-state index contributed by atoms with van der Waals surface area (Å²) in [7, 11) is 0. The molecular formula is C66H34N2O. The summed E-state index contributed by atoms with van der Waals surface area (Å²) >= 11 is 0. The van der Waals surface area contributed by atoms with E-state index in [2.05, 4.69) is 194 Å². The third-order valence-corrected chi connectivity index (χ3v) is 15.8. The second-order valence-electron chi connectivity index (χ2n) is 19.4. The molecule has 2 aromatic heterocycles. The summed E-state index contributed by atoms with van der Waals surface area (Å²) in [5, 5.41) is 26.1. The zero-order chi connectivity index (χ0) is 44.8. The molecule has 0 N–H and O–H groups in total. The average Bonchev–Trinajstić information content (AvgIpc) is 3.80. The predicted octanol–water partition coefficient (Wildman–Crippen LogP) is 17.3. The van der Waals surface area contributed by atoms with Crippen LogP contribution in [-0.4, -0.2) is 9.38 Å². The van der Waals surface area contributed by atoms with Crippen LogP contribution >= 0.6 is 0 Å². The van der Waals surface area contributed by atoms with Gasteiger partial charge in [0.2, 0.25) is 0 Å². The van der Waals surface area contributed by atoms with Gasteiger partial charge in [0.25, 0.3) is 5.56 Å². The standard InChI is InChI=1S/C66H34N2O/c69-66-54-12-4-11-52-51(49-29-43-21-15-37-7-2-8-38-16-22-44(30-49)61(43)58(37)38)25-26-53(63(52)54)65-67-64-55(50-31-45-23-17-39-9-3-10-40-18-24-46(32-50)62(45)59(39)40)33-48(34-56(64)68(65)66)47-27-41-19-13-35-5-1-6-36-14-20-42(28-47)60(41)57(35)36/h1-34H. The van der Waals surface area contributed by atoms with Crippen molar-refractivity contribution >= 4 is 135 Å². The fourth-order valence-corrected chi connectivity index (χ4v) is 12.8. The van der Waals surface area contributed by atoms with Gasteiger partial charge in [0.15, 0.2) is 0 Å². The third-order valence-electron chi connectivity index (χ3n) is 15.8. The maximum absolute atomic E-state index is 15.4. The van der Waals surface area contributed by atoms with E-state index in [4.69, 9.17) is 4.98 Å². The van der Waals surface area contributed by atoms with Gasteiger partial charge in [-0.2, -0.15) is 0 Å². The van der Waals surface area contributed by atoms with Gasteiger partial charge in [-0.3, -0.25) is 9.20 Å². The minimum Gasteiger partial charge on any atom is -0.268 e. The number of imidazole rings is 1. The minimum absolute atomic E-state index is 0.0625. The Labute approximate surface area is 392 Å². The molecule has 2 heterocycles.